The van der Waals surface area contributed by atoms with E-state index in [1.807, 2.05) is 30.3 Å². The molecular formula is C8H16N2O5S. The molecule has 16 heavy (non-hydrogen) atoms. The fraction of sp³-hybridized carbons (Fsp3) is 0.625. The van der Waals surface area contributed by atoms with Crippen molar-refractivity contribution in [2.75, 3.05) is 6.61 Å². The summed E-state index contributed by atoms with van der Waals surface area (Å²) in [5, 5.41) is 8.54. The van der Waals surface area contributed by atoms with Crippen molar-refractivity contribution < 1.29 is 27.2 Å². The maximum absolute atomic E-state index is 8.63. The Labute approximate surface area is 94.5 Å². The van der Waals surface area contributed by atoms with E-state index in [4.69, 9.17) is 22.6 Å². The molecule has 0 unspecified atom stereocenters. The maximum atomic E-state index is 8.63. The Hall–Kier alpha value is -0.960. The molecule has 2 N–H and O–H groups in total. The van der Waals surface area contributed by atoms with Gasteiger partial charge in [-0.25, -0.2) is 17.6 Å². The minimum absolute atomic E-state index is 0.299. The molecule has 0 atom stereocenters. The van der Waals surface area contributed by atoms with Gasteiger partial charge in [-0.2, -0.15) is 0 Å². The molecule has 8 heteroatoms. The van der Waals surface area contributed by atoms with Crippen LogP contribution in [0.4, 0.5) is 0 Å². The van der Waals surface area contributed by atoms with E-state index in [1.165, 1.54) is 0 Å². The molecule has 1 rings (SSSR count). The van der Waals surface area contributed by atoms with E-state index >= 15 is 0 Å². The molecule has 0 amide bonds. The van der Waals surface area contributed by atoms with Crippen molar-refractivity contribution in [1.82, 2.24) is 4.57 Å². The second kappa shape index (κ2) is 7.34. The first-order chi connectivity index (χ1) is 7.33. The summed E-state index contributed by atoms with van der Waals surface area (Å²) in [5.41, 5.74) is 0. The van der Waals surface area contributed by atoms with Crippen LogP contribution in [0.2, 0.25) is 0 Å². The van der Waals surface area contributed by atoms with Crippen molar-refractivity contribution in [2.24, 2.45) is 7.05 Å². The molecule has 0 aliphatic rings. The fourth-order valence-electron chi connectivity index (χ4n) is 1.04. The fourth-order valence-corrected chi connectivity index (χ4v) is 1.04. The predicted molar refractivity (Wildman–Crippen MR) is 54.3 cm³/mol. The highest BCUT2D eigenvalue weighted by molar-refractivity contribution is 7.79. The van der Waals surface area contributed by atoms with Crippen LogP contribution in [0.25, 0.3) is 0 Å². The second-order valence-corrected chi connectivity index (χ2v) is 4.03. The molecule has 0 bridgehead atoms. The van der Waals surface area contributed by atoms with Gasteiger partial charge in [0.15, 0.2) is 0 Å². The van der Waals surface area contributed by atoms with Crippen LogP contribution in [-0.4, -0.2) is 33.8 Å². The lowest BCUT2D eigenvalue weighted by atomic mass is 10.3. The molecule has 1 heterocycles. The largest absolute Gasteiger partial charge is 0.726 e. The predicted octanol–water partition coefficient (Wildman–Crippen LogP) is -0.910. The molecule has 0 aliphatic heterocycles. The highest BCUT2D eigenvalue weighted by atomic mass is 32.3. The zero-order valence-electron chi connectivity index (χ0n) is 8.98. The van der Waals surface area contributed by atoms with Gasteiger partial charge in [-0.3, -0.25) is 4.55 Å². The Morgan fingerprint density at radius 3 is 2.38 bits per heavy atom. The van der Waals surface area contributed by atoms with E-state index in [9.17, 15) is 0 Å². The number of nitrogens with zero attached hydrogens (tertiary/aromatic N) is 2. The van der Waals surface area contributed by atoms with Crippen LogP contribution in [0.15, 0.2) is 18.7 Å². The van der Waals surface area contributed by atoms with Crippen LogP contribution in [0, 0.1) is 0 Å². The lowest BCUT2D eigenvalue weighted by Crippen LogP contribution is -2.30. The monoisotopic (exact) mass is 252 g/mol. The van der Waals surface area contributed by atoms with Crippen LogP contribution in [0.5, 0.6) is 0 Å². The average Bonchev–Trinajstić information content (AvgIpc) is 2.49. The second-order valence-electron chi connectivity index (χ2n) is 3.18. The normalized spacial score (nSPS) is 10.8. The smallest absolute Gasteiger partial charge is 0.243 e. The molecule has 94 valence electrons. The average molecular weight is 252 g/mol. The van der Waals surface area contributed by atoms with E-state index in [1.54, 1.807) is 0 Å². The van der Waals surface area contributed by atoms with Crippen LogP contribution in [0.3, 0.4) is 0 Å². The van der Waals surface area contributed by atoms with Gasteiger partial charge in [0.1, 0.15) is 12.4 Å². The summed E-state index contributed by atoms with van der Waals surface area (Å²) < 4.78 is 37.0. The van der Waals surface area contributed by atoms with Crippen LogP contribution in [-0.2, 0) is 24.0 Å². The van der Waals surface area contributed by atoms with Crippen molar-refractivity contribution in [3.05, 3.63) is 18.7 Å². The first-order valence-corrected chi connectivity index (χ1v) is 5.99. The number of rotatable bonds is 4. The quantitative estimate of drug-likeness (QED) is 0.312. The molecule has 0 spiro atoms. The van der Waals surface area contributed by atoms with Gasteiger partial charge in [0.05, 0.1) is 13.6 Å². The van der Waals surface area contributed by atoms with E-state index in [0.29, 0.717) is 6.61 Å². The van der Waals surface area contributed by atoms with E-state index < -0.39 is 10.4 Å². The minimum Gasteiger partial charge on any atom is -0.726 e. The number of aliphatic hydroxyl groups excluding tert-OH is 1. The van der Waals surface area contributed by atoms with Gasteiger partial charge in [0.25, 0.3) is 0 Å². The number of aromatic nitrogens is 2. The molecule has 0 fully saturated rings. The van der Waals surface area contributed by atoms with Gasteiger partial charge in [0.2, 0.25) is 16.7 Å². The van der Waals surface area contributed by atoms with E-state index in [2.05, 4.69) is 4.57 Å². The highest BCUT2D eigenvalue weighted by Gasteiger charge is 1.97. The Balaban J connectivity index is 0.000000385. The Morgan fingerprint density at radius 2 is 2.00 bits per heavy atom. The summed E-state index contributed by atoms with van der Waals surface area (Å²) in [6, 6.07) is 0. The lowest BCUT2D eigenvalue weighted by Gasteiger charge is -1.93. The lowest BCUT2D eigenvalue weighted by molar-refractivity contribution is -0.696. The molecule has 0 radical (unpaired) electrons. The van der Waals surface area contributed by atoms with Crippen LogP contribution < -0.4 is 4.57 Å². The Bertz CT molecular complexity index is 379. The molecular weight excluding hydrogens is 236 g/mol. The zero-order valence-corrected chi connectivity index (χ0v) is 9.80. The number of imidazole rings is 1. The van der Waals surface area contributed by atoms with E-state index in [-0.39, 0.29) is 0 Å². The van der Waals surface area contributed by atoms with Crippen molar-refractivity contribution in [3.63, 3.8) is 0 Å². The molecule has 7 nitrogen and oxygen atoms in total. The third-order valence-electron chi connectivity index (χ3n) is 1.65. The Morgan fingerprint density at radius 1 is 1.44 bits per heavy atom. The molecule has 0 aliphatic carbocycles. The first kappa shape index (κ1) is 15.0. The minimum atomic E-state index is -4.92. The molecule has 0 aromatic carbocycles. The van der Waals surface area contributed by atoms with Gasteiger partial charge >= 0.3 is 0 Å². The summed E-state index contributed by atoms with van der Waals surface area (Å²) >= 11 is 0. The van der Waals surface area contributed by atoms with Gasteiger partial charge in [0, 0.05) is 6.61 Å². The van der Waals surface area contributed by atoms with Gasteiger partial charge in [-0.15, -0.1) is 0 Å². The van der Waals surface area contributed by atoms with Crippen molar-refractivity contribution in [3.8, 4) is 0 Å². The van der Waals surface area contributed by atoms with Crippen molar-refractivity contribution in [1.29, 1.82) is 0 Å². The Kier molecular flexibility index (Phi) is 6.90. The summed E-state index contributed by atoms with van der Waals surface area (Å²) in [6.07, 6.45) is 8.03. The number of aryl methyl sites for hydroxylation is 2. The van der Waals surface area contributed by atoms with Gasteiger partial charge in [-0.05, 0) is 12.8 Å². The maximum Gasteiger partial charge on any atom is 0.243 e. The SMILES string of the molecule is Cn1cc[n+](CCCCO)c1.O=S(=O)([O-])O. The third-order valence-corrected chi connectivity index (χ3v) is 1.65. The summed E-state index contributed by atoms with van der Waals surface area (Å²) in [4.78, 5) is 0. The van der Waals surface area contributed by atoms with Crippen molar-refractivity contribution >= 4 is 10.4 Å². The van der Waals surface area contributed by atoms with E-state index in [0.717, 1.165) is 19.4 Å². The summed E-state index contributed by atoms with van der Waals surface area (Å²) in [6.45, 7) is 1.30. The number of hydrogen-bond acceptors (Lipinski definition) is 4. The zero-order chi connectivity index (χ0) is 12.6. The summed E-state index contributed by atoms with van der Waals surface area (Å²) in [5.74, 6) is 0. The summed E-state index contributed by atoms with van der Waals surface area (Å²) in [7, 11) is -2.91. The van der Waals surface area contributed by atoms with Gasteiger partial charge in [-0.1, -0.05) is 0 Å². The third kappa shape index (κ3) is 11.1. The van der Waals surface area contributed by atoms with Crippen molar-refractivity contribution in [2.45, 2.75) is 19.4 Å². The number of unbranched alkanes of at least 4 members (excludes halogenated alkanes) is 1. The topological polar surface area (TPSA) is 106 Å². The number of aliphatic hydroxyl groups is 1. The highest BCUT2D eigenvalue weighted by Crippen LogP contribution is 1.86. The van der Waals surface area contributed by atoms with Crippen LogP contribution >= 0.6 is 0 Å². The number of hydrogen-bond donors (Lipinski definition) is 2. The molecule has 0 saturated carbocycles. The van der Waals surface area contributed by atoms with Gasteiger partial charge < -0.3 is 9.66 Å². The molecule has 1 aromatic heterocycles. The molecule has 0 saturated heterocycles. The standard InChI is InChI=1S/C8H15N2O.H2O4S/c1-9-5-6-10(8-9)4-2-3-7-11;1-5(2,3)4/h5-6,8,11H,2-4,7H2,1H3;(H2,1,2,3,4)/q+1;/p-1. The first-order valence-electron chi connectivity index (χ1n) is 4.63. The van der Waals surface area contributed by atoms with Crippen LogP contribution in [0.1, 0.15) is 12.8 Å². The molecule has 1 aromatic rings.